The number of hydrogen-bond acceptors (Lipinski definition) is 3. The second kappa shape index (κ2) is 12.8. The Balaban J connectivity index is 1.79. The molecule has 0 saturated heterocycles. The van der Waals surface area contributed by atoms with E-state index in [2.05, 4.69) is 104 Å². The molecule has 1 aromatic heterocycles. The lowest BCUT2D eigenvalue weighted by molar-refractivity contribution is 0.311. The maximum atomic E-state index is 3.25. The second-order valence-electron chi connectivity index (χ2n) is 8.04. The van der Waals surface area contributed by atoms with Crippen LogP contribution in [0.5, 0.6) is 0 Å². The third kappa shape index (κ3) is 10.6. The normalized spacial score (nSPS) is 12.0. The van der Waals surface area contributed by atoms with E-state index in [0.29, 0.717) is 0 Å². The van der Waals surface area contributed by atoms with Crippen molar-refractivity contribution in [1.29, 1.82) is 0 Å². The van der Waals surface area contributed by atoms with Crippen molar-refractivity contribution in [2.24, 2.45) is 5.41 Å². The van der Waals surface area contributed by atoms with E-state index in [-0.39, 0.29) is 5.41 Å². The minimum absolute atomic E-state index is 0.0624. The van der Waals surface area contributed by atoms with Crippen LogP contribution in [0.1, 0.15) is 44.4 Å². The van der Waals surface area contributed by atoms with E-state index < -0.39 is 0 Å². The van der Waals surface area contributed by atoms with Crippen LogP contribution in [0, 0.1) is 17.3 Å². The van der Waals surface area contributed by atoms with E-state index in [0.717, 1.165) is 31.1 Å². The third-order valence-corrected chi connectivity index (χ3v) is 5.86. The van der Waals surface area contributed by atoms with Crippen LogP contribution in [0.15, 0.2) is 59.3 Å². The zero-order valence-electron chi connectivity index (χ0n) is 18.2. The lowest BCUT2D eigenvalue weighted by Gasteiger charge is -2.18. The minimum atomic E-state index is 0.0624. The van der Waals surface area contributed by atoms with Gasteiger partial charge < -0.3 is 0 Å². The van der Waals surface area contributed by atoms with Crippen LogP contribution in [0.3, 0.4) is 0 Å². The summed E-state index contributed by atoms with van der Waals surface area (Å²) in [6, 6.07) is 11.2. The predicted octanol–water partition coefficient (Wildman–Crippen LogP) is 7.12. The highest BCUT2D eigenvalue weighted by atomic mass is 32.2. The van der Waals surface area contributed by atoms with Crippen LogP contribution in [0.25, 0.3) is 6.08 Å². The monoisotopic (exact) mass is 423 g/mol. The van der Waals surface area contributed by atoms with Gasteiger partial charge in [0.25, 0.3) is 0 Å². The summed E-state index contributed by atoms with van der Waals surface area (Å²) in [5.41, 5.74) is 4.15. The number of thiophene rings is 1. The lowest BCUT2D eigenvalue weighted by Crippen LogP contribution is -2.22. The average molecular weight is 424 g/mol. The van der Waals surface area contributed by atoms with E-state index in [1.54, 1.807) is 11.3 Å². The summed E-state index contributed by atoms with van der Waals surface area (Å²) in [5, 5.41) is 4.30. The highest BCUT2D eigenvalue weighted by molar-refractivity contribution is 7.98. The Morgan fingerprint density at radius 1 is 1.14 bits per heavy atom. The van der Waals surface area contributed by atoms with Crippen molar-refractivity contribution in [3.63, 3.8) is 0 Å². The molecule has 0 aliphatic rings. The zero-order chi connectivity index (χ0) is 21.0. The van der Waals surface area contributed by atoms with Crippen LogP contribution in [-0.2, 0) is 12.3 Å². The second-order valence-corrected chi connectivity index (χ2v) is 9.85. The molecule has 1 heterocycles. The summed E-state index contributed by atoms with van der Waals surface area (Å²) in [4.78, 5) is 2.44. The van der Waals surface area contributed by atoms with E-state index in [1.807, 2.05) is 17.8 Å². The molecule has 154 valence electrons. The van der Waals surface area contributed by atoms with Crippen molar-refractivity contribution >= 4 is 29.2 Å². The number of likely N-dealkylation sites (N-methyl/N-ethyl adjacent to an activating group) is 1. The molecule has 1 nitrogen and oxygen atoms in total. The summed E-state index contributed by atoms with van der Waals surface area (Å²) in [6.45, 7) is 11.6. The topological polar surface area (TPSA) is 3.24 Å². The van der Waals surface area contributed by atoms with E-state index in [9.17, 15) is 0 Å². The average Bonchev–Trinajstić information content (AvgIpc) is 3.19. The maximum Gasteiger partial charge on any atom is 0.0237 e. The molecule has 29 heavy (non-hydrogen) atoms. The highest BCUT2D eigenvalue weighted by Gasteiger charge is 2.04. The third-order valence-electron chi connectivity index (χ3n) is 4.19. The molecule has 0 spiro atoms. The van der Waals surface area contributed by atoms with Crippen LogP contribution < -0.4 is 0 Å². The first-order valence-electron chi connectivity index (χ1n) is 10.2. The van der Waals surface area contributed by atoms with Gasteiger partial charge in [-0.15, -0.1) is 0 Å². The van der Waals surface area contributed by atoms with E-state index in [4.69, 9.17) is 0 Å². The fourth-order valence-electron chi connectivity index (χ4n) is 2.70. The van der Waals surface area contributed by atoms with E-state index >= 15 is 0 Å². The minimum Gasteiger partial charge on any atom is -0.296 e. The summed E-state index contributed by atoms with van der Waals surface area (Å²) in [5.74, 6) is 8.50. The van der Waals surface area contributed by atoms with Crippen LogP contribution in [0.2, 0.25) is 0 Å². The Morgan fingerprint density at radius 3 is 2.69 bits per heavy atom. The van der Waals surface area contributed by atoms with Crippen LogP contribution in [-0.4, -0.2) is 23.7 Å². The largest absolute Gasteiger partial charge is 0.296 e. The number of thioether (sulfide) groups is 1. The van der Waals surface area contributed by atoms with Crippen molar-refractivity contribution in [2.45, 2.75) is 40.0 Å². The Labute approximate surface area is 185 Å². The molecule has 3 heteroatoms. The van der Waals surface area contributed by atoms with Gasteiger partial charge in [0.1, 0.15) is 0 Å². The van der Waals surface area contributed by atoms with Crippen molar-refractivity contribution < 1.29 is 0 Å². The van der Waals surface area contributed by atoms with Gasteiger partial charge in [-0.1, -0.05) is 61.3 Å². The van der Waals surface area contributed by atoms with Gasteiger partial charge in [-0.05, 0) is 66.9 Å². The van der Waals surface area contributed by atoms with Gasteiger partial charge in [-0.2, -0.15) is 23.1 Å². The summed E-state index contributed by atoms with van der Waals surface area (Å²) < 4.78 is 0. The van der Waals surface area contributed by atoms with Gasteiger partial charge in [-0.3, -0.25) is 4.90 Å². The molecule has 2 aromatic rings. The molecule has 0 bridgehead atoms. The van der Waals surface area contributed by atoms with E-state index in [1.165, 1.54) is 16.7 Å². The SMILES string of the molecule is CCN(CC=CC#CC(C)(C)C)Cc1cccc(CSCC=Cc2ccsc2)c1. The number of rotatable bonds is 10. The Bertz CT molecular complexity index is 830. The van der Waals surface area contributed by atoms with Gasteiger partial charge in [0, 0.05) is 30.0 Å². The van der Waals surface area contributed by atoms with Gasteiger partial charge in [-0.25, -0.2) is 0 Å². The summed E-state index contributed by atoms with van der Waals surface area (Å²) in [7, 11) is 0. The number of benzene rings is 1. The summed E-state index contributed by atoms with van der Waals surface area (Å²) >= 11 is 3.70. The molecular weight excluding hydrogens is 390 g/mol. The number of hydrogen-bond donors (Lipinski definition) is 0. The molecule has 1 aromatic carbocycles. The van der Waals surface area contributed by atoms with Crippen molar-refractivity contribution in [3.8, 4) is 11.8 Å². The van der Waals surface area contributed by atoms with Crippen molar-refractivity contribution in [2.75, 3.05) is 18.8 Å². The quantitative estimate of drug-likeness (QED) is 0.295. The first kappa shape index (κ1) is 23.5. The molecule has 0 N–H and O–H groups in total. The Kier molecular flexibility index (Phi) is 10.4. The molecule has 0 saturated carbocycles. The van der Waals surface area contributed by atoms with Crippen molar-refractivity contribution in [3.05, 3.63) is 76.0 Å². The molecule has 0 amide bonds. The van der Waals surface area contributed by atoms with Gasteiger partial charge in [0.2, 0.25) is 0 Å². The summed E-state index contributed by atoms with van der Waals surface area (Å²) in [6.07, 6.45) is 8.62. The first-order valence-corrected chi connectivity index (χ1v) is 12.3. The molecule has 0 unspecified atom stereocenters. The fraction of sp³-hybridized carbons (Fsp3) is 0.385. The van der Waals surface area contributed by atoms with Crippen molar-refractivity contribution in [1.82, 2.24) is 4.90 Å². The standard InChI is InChI=1S/C26H33NS2/c1-5-27(16-8-6-7-15-26(2,3)4)20-24-11-9-12-25(19-24)22-28-17-10-13-23-14-18-29-21-23/h6,8-14,18-19,21H,5,16-17,20,22H2,1-4H3. The fourth-order valence-corrected chi connectivity index (χ4v) is 4.09. The maximum absolute atomic E-state index is 3.25. The van der Waals surface area contributed by atoms with Gasteiger partial charge in [0.15, 0.2) is 0 Å². The number of nitrogens with zero attached hydrogens (tertiary/aromatic N) is 1. The predicted molar refractivity (Wildman–Crippen MR) is 133 cm³/mol. The first-order chi connectivity index (χ1) is 14.0. The molecule has 0 aliphatic heterocycles. The zero-order valence-corrected chi connectivity index (χ0v) is 19.8. The molecule has 2 rings (SSSR count). The Morgan fingerprint density at radius 2 is 1.97 bits per heavy atom. The molecular formula is C26H33NS2. The molecule has 0 fully saturated rings. The smallest absolute Gasteiger partial charge is 0.0237 e. The Hall–Kier alpha value is -1.73. The molecule has 0 radical (unpaired) electrons. The van der Waals surface area contributed by atoms with Crippen LogP contribution >= 0.6 is 23.1 Å². The van der Waals surface area contributed by atoms with Crippen LogP contribution in [0.4, 0.5) is 0 Å². The molecule has 0 aliphatic carbocycles. The van der Waals surface area contributed by atoms with Gasteiger partial charge in [0.05, 0.1) is 0 Å². The molecule has 0 atom stereocenters. The highest BCUT2D eigenvalue weighted by Crippen LogP contribution is 2.16. The number of allylic oxidation sites excluding steroid dienone is 1. The lowest BCUT2D eigenvalue weighted by atomic mass is 9.98. The van der Waals surface area contributed by atoms with Gasteiger partial charge >= 0.3 is 0 Å².